The zero-order chi connectivity index (χ0) is 14.8. The van der Waals surface area contributed by atoms with E-state index < -0.39 is 5.82 Å². The van der Waals surface area contributed by atoms with Crippen molar-refractivity contribution in [2.45, 2.75) is 12.8 Å². The SMILES string of the molecule is O=C(c1cc(Cl)ccc1F)N1CCc2ccccc2CC1. The quantitative estimate of drug-likeness (QED) is 0.786. The highest BCUT2D eigenvalue weighted by molar-refractivity contribution is 6.31. The largest absolute Gasteiger partial charge is 0.338 e. The Morgan fingerprint density at radius 3 is 2.29 bits per heavy atom. The van der Waals surface area contributed by atoms with Gasteiger partial charge in [0.05, 0.1) is 5.56 Å². The monoisotopic (exact) mass is 303 g/mol. The molecule has 21 heavy (non-hydrogen) atoms. The van der Waals surface area contributed by atoms with E-state index in [2.05, 4.69) is 12.1 Å². The predicted molar refractivity (Wildman–Crippen MR) is 81.2 cm³/mol. The third-order valence-electron chi connectivity index (χ3n) is 3.87. The van der Waals surface area contributed by atoms with Crippen LogP contribution in [-0.4, -0.2) is 23.9 Å². The Labute approximate surface area is 128 Å². The average Bonchev–Trinajstić information content (AvgIpc) is 2.71. The summed E-state index contributed by atoms with van der Waals surface area (Å²) in [5, 5.41) is 0.373. The first kappa shape index (κ1) is 14.1. The molecule has 0 bridgehead atoms. The van der Waals surface area contributed by atoms with Crippen LogP contribution in [0.15, 0.2) is 42.5 Å². The Kier molecular flexibility index (Phi) is 3.93. The molecule has 0 unspecified atom stereocenters. The Bertz CT molecular complexity index is 659. The van der Waals surface area contributed by atoms with Gasteiger partial charge in [-0.1, -0.05) is 35.9 Å². The Morgan fingerprint density at radius 2 is 1.67 bits per heavy atom. The Hall–Kier alpha value is -1.87. The number of hydrogen-bond acceptors (Lipinski definition) is 1. The fourth-order valence-corrected chi connectivity index (χ4v) is 2.87. The van der Waals surface area contributed by atoms with Crippen molar-refractivity contribution in [1.29, 1.82) is 0 Å². The first-order valence-electron chi connectivity index (χ1n) is 6.96. The smallest absolute Gasteiger partial charge is 0.256 e. The summed E-state index contributed by atoms with van der Waals surface area (Å²) in [6.07, 6.45) is 1.59. The maximum Gasteiger partial charge on any atom is 0.256 e. The molecule has 0 spiro atoms. The molecule has 1 aliphatic rings. The summed E-state index contributed by atoms with van der Waals surface area (Å²) in [6.45, 7) is 1.20. The van der Waals surface area contributed by atoms with Crippen LogP contribution in [0.2, 0.25) is 5.02 Å². The summed E-state index contributed by atoms with van der Waals surface area (Å²) in [4.78, 5) is 14.2. The van der Waals surface area contributed by atoms with Crippen molar-refractivity contribution in [3.63, 3.8) is 0 Å². The van der Waals surface area contributed by atoms with Crippen molar-refractivity contribution in [1.82, 2.24) is 4.90 Å². The van der Waals surface area contributed by atoms with Gasteiger partial charge >= 0.3 is 0 Å². The van der Waals surface area contributed by atoms with E-state index in [0.717, 1.165) is 12.8 Å². The standard InChI is InChI=1S/C17H15ClFNO/c18-14-5-6-16(19)15(11-14)17(21)20-9-7-12-3-1-2-4-13(12)8-10-20/h1-6,11H,7-10H2. The number of benzene rings is 2. The molecule has 1 heterocycles. The van der Waals surface area contributed by atoms with E-state index in [1.54, 1.807) is 4.90 Å². The molecule has 1 aliphatic heterocycles. The number of amides is 1. The van der Waals surface area contributed by atoms with Crippen LogP contribution in [0, 0.1) is 5.82 Å². The highest BCUT2D eigenvalue weighted by atomic mass is 35.5. The minimum absolute atomic E-state index is 0.0495. The second-order valence-corrected chi connectivity index (χ2v) is 5.62. The molecule has 3 rings (SSSR count). The maximum atomic E-state index is 13.8. The highest BCUT2D eigenvalue weighted by Gasteiger charge is 2.22. The summed E-state index contributed by atoms with van der Waals surface area (Å²) in [7, 11) is 0. The van der Waals surface area contributed by atoms with Crippen LogP contribution in [0.5, 0.6) is 0 Å². The summed E-state index contributed by atoms with van der Waals surface area (Å²) < 4.78 is 13.8. The molecule has 4 heteroatoms. The number of rotatable bonds is 1. The van der Waals surface area contributed by atoms with Gasteiger partial charge in [-0.25, -0.2) is 4.39 Å². The Morgan fingerprint density at radius 1 is 1.05 bits per heavy atom. The first-order chi connectivity index (χ1) is 10.1. The molecular weight excluding hydrogens is 289 g/mol. The molecule has 2 aromatic rings. The van der Waals surface area contributed by atoms with Crippen molar-refractivity contribution < 1.29 is 9.18 Å². The third-order valence-corrected chi connectivity index (χ3v) is 4.10. The molecule has 0 aliphatic carbocycles. The predicted octanol–water partition coefficient (Wildman–Crippen LogP) is 3.72. The first-order valence-corrected chi connectivity index (χ1v) is 7.34. The maximum absolute atomic E-state index is 13.8. The molecule has 0 saturated carbocycles. The van der Waals surface area contributed by atoms with E-state index in [1.807, 2.05) is 12.1 Å². The van der Waals surface area contributed by atoms with Gasteiger partial charge in [-0.15, -0.1) is 0 Å². The van der Waals surface area contributed by atoms with E-state index in [0.29, 0.717) is 18.1 Å². The molecule has 1 amide bonds. The molecule has 0 aromatic heterocycles. The normalized spacial score (nSPS) is 14.5. The average molecular weight is 304 g/mol. The summed E-state index contributed by atoms with van der Waals surface area (Å²) in [5.41, 5.74) is 2.58. The summed E-state index contributed by atoms with van der Waals surface area (Å²) in [6, 6.07) is 12.3. The number of fused-ring (bicyclic) bond motifs is 1. The lowest BCUT2D eigenvalue weighted by Gasteiger charge is -2.20. The van der Waals surface area contributed by atoms with Gasteiger partial charge in [0.15, 0.2) is 0 Å². The lowest BCUT2D eigenvalue weighted by atomic mass is 10.0. The van der Waals surface area contributed by atoms with Crippen molar-refractivity contribution in [3.8, 4) is 0 Å². The lowest BCUT2D eigenvalue weighted by molar-refractivity contribution is 0.0758. The number of carbonyl (C=O) groups excluding carboxylic acids is 1. The minimum Gasteiger partial charge on any atom is -0.338 e. The van der Waals surface area contributed by atoms with Gasteiger partial charge in [0, 0.05) is 18.1 Å². The molecule has 2 aromatic carbocycles. The molecule has 0 radical (unpaired) electrons. The van der Waals surface area contributed by atoms with Gasteiger partial charge in [-0.3, -0.25) is 4.79 Å². The fourth-order valence-electron chi connectivity index (χ4n) is 2.70. The summed E-state index contributed by atoms with van der Waals surface area (Å²) >= 11 is 5.87. The van der Waals surface area contributed by atoms with Gasteiger partial charge in [-0.2, -0.15) is 0 Å². The van der Waals surface area contributed by atoms with Gasteiger partial charge in [-0.05, 0) is 42.2 Å². The number of hydrogen-bond donors (Lipinski definition) is 0. The van der Waals surface area contributed by atoms with Crippen LogP contribution in [0.4, 0.5) is 4.39 Å². The van der Waals surface area contributed by atoms with Gasteiger partial charge in [0.25, 0.3) is 5.91 Å². The van der Waals surface area contributed by atoms with Crippen molar-refractivity contribution in [2.75, 3.05) is 13.1 Å². The second kappa shape index (κ2) is 5.86. The van der Waals surface area contributed by atoms with Crippen LogP contribution in [0.1, 0.15) is 21.5 Å². The van der Waals surface area contributed by atoms with Crippen molar-refractivity contribution >= 4 is 17.5 Å². The topological polar surface area (TPSA) is 20.3 Å². The molecule has 0 N–H and O–H groups in total. The molecule has 108 valence electrons. The van der Waals surface area contributed by atoms with Gasteiger partial charge in [0.1, 0.15) is 5.82 Å². The second-order valence-electron chi connectivity index (χ2n) is 5.19. The van der Waals surface area contributed by atoms with Crippen LogP contribution in [-0.2, 0) is 12.8 Å². The van der Waals surface area contributed by atoms with Crippen LogP contribution in [0.25, 0.3) is 0 Å². The zero-order valence-corrected chi connectivity index (χ0v) is 12.2. The molecule has 2 nitrogen and oxygen atoms in total. The fraction of sp³-hybridized carbons (Fsp3) is 0.235. The molecular formula is C17H15ClFNO. The zero-order valence-electron chi connectivity index (χ0n) is 11.5. The van der Waals surface area contributed by atoms with E-state index in [9.17, 15) is 9.18 Å². The highest BCUT2D eigenvalue weighted by Crippen LogP contribution is 2.20. The van der Waals surface area contributed by atoms with E-state index in [4.69, 9.17) is 11.6 Å². The van der Waals surface area contributed by atoms with E-state index in [-0.39, 0.29) is 11.5 Å². The van der Waals surface area contributed by atoms with Crippen molar-refractivity contribution in [3.05, 3.63) is 70.0 Å². The van der Waals surface area contributed by atoms with Crippen LogP contribution < -0.4 is 0 Å². The summed E-state index contributed by atoms with van der Waals surface area (Å²) in [5.74, 6) is -0.811. The molecule has 0 fully saturated rings. The van der Waals surface area contributed by atoms with Gasteiger partial charge < -0.3 is 4.90 Å². The Balaban J connectivity index is 1.82. The van der Waals surface area contributed by atoms with Crippen LogP contribution in [0.3, 0.4) is 0 Å². The van der Waals surface area contributed by atoms with Gasteiger partial charge in [0.2, 0.25) is 0 Å². The minimum atomic E-state index is -0.522. The van der Waals surface area contributed by atoms with E-state index >= 15 is 0 Å². The number of carbonyl (C=O) groups is 1. The van der Waals surface area contributed by atoms with Crippen LogP contribution >= 0.6 is 11.6 Å². The lowest BCUT2D eigenvalue weighted by Crippen LogP contribution is -2.33. The van der Waals surface area contributed by atoms with E-state index in [1.165, 1.54) is 29.3 Å². The molecule has 0 saturated heterocycles. The number of nitrogens with zero attached hydrogens (tertiary/aromatic N) is 1. The van der Waals surface area contributed by atoms with Crippen molar-refractivity contribution in [2.24, 2.45) is 0 Å². The third kappa shape index (κ3) is 2.93. The number of halogens is 2. The molecule has 0 atom stereocenters.